The molecule has 0 bridgehead atoms. The maximum Gasteiger partial charge on any atom is 0.129 e. The summed E-state index contributed by atoms with van der Waals surface area (Å²) >= 11 is 0. The van der Waals surface area contributed by atoms with Crippen LogP contribution in [0, 0.1) is 0 Å². The van der Waals surface area contributed by atoms with E-state index in [4.69, 9.17) is 19.3 Å². The van der Waals surface area contributed by atoms with Crippen molar-refractivity contribution < 1.29 is 19.3 Å². The van der Waals surface area contributed by atoms with E-state index in [1.165, 1.54) is 0 Å². The Morgan fingerprint density at radius 3 is 2.11 bits per heavy atom. The summed E-state index contributed by atoms with van der Waals surface area (Å²) in [5, 5.41) is 12.0. The van der Waals surface area contributed by atoms with Crippen molar-refractivity contribution in [2.75, 3.05) is 41.0 Å². The molecule has 0 aliphatic heterocycles. The van der Waals surface area contributed by atoms with Gasteiger partial charge in [-0.25, -0.2) is 0 Å². The van der Waals surface area contributed by atoms with Crippen LogP contribution >= 0.6 is 0 Å². The zero-order valence-electron chi connectivity index (χ0n) is 11.9. The average molecular weight is 269 g/mol. The second kappa shape index (κ2) is 8.61. The van der Waals surface area contributed by atoms with E-state index in [0.29, 0.717) is 5.75 Å². The van der Waals surface area contributed by atoms with Crippen LogP contribution in [-0.2, 0) is 6.42 Å². The molecule has 0 heterocycles. The number of hydrogen-bond donors (Lipinski definition) is 2. The van der Waals surface area contributed by atoms with Crippen LogP contribution in [0.3, 0.4) is 0 Å². The third-order valence-electron chi connectivity index (χ3n) is 2.88. The molecule has 2 N–H and O–H groups in total. The second-order valence-electron chi connectivity index (χ2n) is 4.09. The lowest BCUT2D eigenvalue weighted by molar-refractivity contribution is 0.286. The molecule has 19 heavy (non-hydrogen) atoms. The molecule has 0 saturated heterocycles. The van der Waals surface area contributed by atoms with E-state index in [0.717, 1.165) is 43.0 Å². The molecule has 0 atom stereocenters. The SMILES string of the molecule is COc1cc(OC)c(CCNCCCO)c(OC)c1. The lowest BCUT2D eigenvalue weighted by Crippen LogP contribution is -2.19. The Labute approximate surface area is 114 Å². The molecule has 108 valence electrons. The first-order valence-corrected chi connectivity index (χ1v) is 6.37. The van der Waals surface area contributed by atoms with Crippen LogP contribution in [0.15, 0.2) is 12.1 Å². The van der Waals surface area contributed by atoms with Crippen LogP contribution in [-0.4, -0.2) is 46.1 Å². The predicted molar refractivity (Wildman–Crippen MR) is 74.4 cm³/mol. The summed E-state index contributed by atoms with van der Waals surface area (Å²) in [6, 6.07) is 3.71. The van der Waals surface area contributed by atoms with Crippen molar-refractivity contribution in [2.45, 2.75) is 12.8 Å². The molecule has 0 aromatic heterocycles. The highest BCUT2D eigenvalue weighted by atomic mass is 16.5. The third kappa shape index (κ3) is 4.61. The molecular weight excluding hydrogens is 246 g/mol. The van der Waals surface area contributed by atoms with Crippen molar-refractivity contribution >= 4 is 0 Å². The molecule has 1 rings (SSSR count). The first-order chi connectivity index (χ1) is 9.26. The summed E-state index contributed by atoms with van der Waals surface area (Å²) in [7, 11) is 4.89. The number of nitrogens with one attached hydrogen (secondary N) is 1. The highest BCUT2D eigenvalue weighted by Crippen LogP contribution is 2.34. The van der Waals surface area contributed by atoms with Gasteiger partial charge in [0.15, 0.2) is 0 Å². The Bertz CT molecular complexity index is 357. The fourth-order valence-electron chi connectivity index (χ4n) is 1.87. The van der Waals surface area contributed by atoms with Gasteiger partial charge in [-0.3, -0.25) is 0 Å². The number of rotatable bonds is 9. The zero-order valence-corrected chi connectivity index (χ0v) is 11.9. The molecule has 5 nitrogen and oxygen atoms in total. The van der Waals surface area contributed by atoms with Gasteiger partial charge in [0.2, 0.25) is 0 Å². The number of benzene rings is 1. The van der Waals surface area contributed by atoms with Crippen LogP contribution in [0.2, 0.25) is 0 Å². The van der Waals surface area contributed by atoms with Gasteiger partial charge < -0.3 is 24.6 Å². The van der Waals surface area contributed by atoms with Gasteiger partial charge in [0, 0.05) is 24.3 Å². The zero-order chi connectivity index (χ0) is 14.1. The van der Waals surface area contributed by atoms with Crippen molar-refractivity contribution in [3.05, 3.63) is 17.7 Å². The van der Waals surface area contributed by atoms with Gasteiger partial charge in [-0.2, -0.15) is 0 Å². The van der Waals surface area contributed by atoms with Crippen LogP contribution in [0.5, 0.6) is 17.2 Å². The van der Waals surface area contributed by atoms with Crippen molar-refractivity contribution in [1.29, 1.82) is 0 Å². The van der Waals surface area contributed by atoms with E-state index >= 15 is 0 Å². The highest BCUT2D eigenvalue weighted by Gasteiger charge is 2.12. The van der Waals surface area contributed by atoms with E-state index in [1.807, 2.05) is 12.1 Å². The number of ether oxygens (including phenoxy) is 3. The minimum atomic E-state index is 0.210. The van der Waals surface area contributed by atoms with E-state index < -0.39 is 0 Å². The summed E-state index contributed by atoms with van der Waals surface area (Å²) in [5.41, 5.74) is 1.02. The number of aliphatic hydroxyl groups is 1. The molecule has 0 aliphatic carbocycles. The molecule has 0 spiro atoms. The first-order valence-electron chi connectivity index (χ1n) is 6.37. The van der Waals surface area contributed by atoms with E-state index in [9.17, 15) is 0 Å². The van der Waals surface area contributed by atoms with E-state index in [2.05, 4.69) is 5.32 Å². The number of aliphatic hydroxyl groups excluding tert-OH is 1. The van der Waals surface area contributed by atoms with Crippen molar-refractivity contribution in [3.8, 4) is 17.2 Å². The maximum absolute atomic E-state index is 8.71. The Hall–Kier alpha value is -1.46. The van der Waals surface area contributed by atoms with Gasteiger partial charge in [0.25, 0.3) is 0 Å². The molecule has 0 fully saturated rings. The molecule has 0 amide bonds. The van der Waals surface area contributed by atoms with Crippen LogP contribution in [0.1, 0.15) is 12.0 Å². The Kier molecular flexibility index (Phi) is 7.07. The summed E-state index contributed by atoms with van der Waals surface area (Å²) < 4.78 is 16.0. The average Bonchev–Trinajstić information content (AvgIpc) is 2.46. The molecular formula is C14H23NO4. The van der Waals surface area contributed by atoms with Crippen LogP contribution in [0.4, 0.5) is 0 Å². The van der Waals surface area contributed by atoms with Gasteiger partial charge in [-0.15, -0.1) is 0 Å². The fourth-order valence-corrected chi connectivity index (χ4v) is 1.87. The van der Waals surface area contributed by atoms with Crippen molar-refractivity contribution in [2.24, 2.45) is 0 Å². The Morgan fingerprint density at radius 2 is 1.63 bits per heavy atom. The van der Waals surface area contributed by atoms with Gasteiger partial charge in [0.05, 0.1) is 21.3 Å². The fraction of sp³-hybridized carbons (Fsp3) is 0.571. The van der Waals surface area contributed by atoms with Crippen molar-refractivity contribution in [3.63, 3.8) is 0 Å². The van der Waals surface area contributed by atoms with E-state index in [-0.39, 0.29) is 6.61 Å². The lowest BCUT2D eigenvalue weighted by Gasteiger charge is -2.15. The minimum Gasteiger partial charge on any atom is -0.496 e. The van der Waals surface area contributed by atoms with Gasteiger partial charge >= 0.3 is 0 Å². The maximum atomic E-state index is 8.71. The van der Waals surface area contributed by atoms with Gasteiger partial charge in [-0.05, 0) is 25.9 Å². The first kappa shape index (κ1) is 15.6. The van der Waals surface area contributed by atoms with E-state index in [1.54, 1.807) is 21.3 Å². The number of hydrogen-bond acceptors (Lipinski definition) is 5. The Morgan fingerprint density at radius 1 is 1.00 bits per heavy atom. The Balaban J connectivity index is 2.73. The van der Waals surface area contributed by atoms with Gasteiger partial charge in [0.1, 0.15) is 17.2 Å². The van der Waals surface area contributed by atoms with Crippen LogP contribution in [0.25, 0.3) is 0 Å². The van der Waals surface area contributed by atoms with Crippen molar-refractivity contribution in [1.82, 2.24) is 5.32 Å². The standard InChI is InChI=1S/C14H23NO4/c1-17-11-9-13(18-2)12(14(10-11)19-3)5-7-15-6-4-8-16/h9-10,15-16H,4-8H2,1-3H3. The summed E-state index contributed by atoms with van der Waals surface area (Å²) in [4.78, 5) is 0. The van der Waals surface area contributed by atoms with Crippen LogP contribution < -0.4 is 19.5 Å². The predicted octanol–water partition coefficient (Wildman–Crippen LogP) is 1.23. The molecule has 5 heteroatoms. The summed E-state index contributed by atoms with van der Waals surface area (Å²) in [5.74, 6) is 2.24. The monoisotopic (exact) mass is 269 g/mol. The quantitative estimate of drug-likeness (QED) is 0.660. The summed E-state index contributed by atoms with van der Waals surface area (Å²) in [6.45, 7) is 1.82. The topological polar surface area (TPSA) is 60.0 Å². The molecule has 0 unspecified atom stereocenters. The molecule has 0 aliphatic rings. The minimum absolute atomic E-state index is 0.210. The third-order valence-corrected chi connectivity index (χ3v) is 2.88. The molecule has 1 aromatic carbocycles. The molecule has 1 aromatic rings. The molecule has 0 saturated carbocycles. The molecule has 0 radical (unpaired) electrons. The largest absolute Gasteiger partial charge is 0.496 e. The lowest BCUT2D eigenvalue weighted by atomic mass is 10.1. The smallest absolute Gasteiger partial charge is 0.129 e. The normalized spacial score (nSPS) is 10.3. The summed E-state index contributed by atoms with van der Waals surface area (Å²) in [6.07, 6.45) is 1.55. The second-order valence-corrected chi connectivity index (χ2v) is 4.09. The van der Waals surface area contributed by atoms with Gasteiger partial charge in [-0.1, -0.05) is 0 Å². The number of methoxy groups -OCH3 is 3. The highest BCUT2D eigenvalue weighted by molar-refractivity contribution is 5.50.